The Bertz CT molecular complexity index is 486. The smallest absolute Gasteiger partial charge is 0.178 e. The molecule has 92 valence electrons. The number of benzene rings is 1. The summed E-state index contributed by atoms with van der Waals surface area (Å²) in [7, 11) is -3.11. The molecule has 1 aromatic rings. The highest BCUT2D eigenvalue weighted by atomic mass is 32.2. The van der Waals surface area contributed by atoms with Gasteiger partial charge in [-0.2, -0.15) is 5.26 Å². The van der Waals surface area contributed by atoms with Gasteiger partial charge in [-0.05, 0) is 30.7 Å². The molecule has 1 rings (SSSR count). The largest absolute Gasteiger partial charge is 0.385 e. The Morgan fingerprint density at radius 2 is 1.94 bits per heavy atom. The Hall–Kier alpha value is -1.54. The van der Waals surface area contributed by atoms with E-state index in [-0.39, 0.29) is 5.75 Å². The third-order valence-electron chi connectivity index (χ3n) is 2.39. The van der Waals surface area contributed by atoms with E-state index in [4.69, 9.17) is 5.26 Å². The number of anilines is 1. The summed E-state index contributed by atoms with van der Waals surface area (Å²) in [6.07, 6.45) is 1.31. The van der Waals surface area contributed by atoms with Gasteiger partial charge >= 0.3 is 0 Å². The molecule has 0 saturated heterocycles. The second-order valence-electron chi connectivity index (χ2n) is 3.62. The third-order valence-corrected chi connectivity index (χ3v) is 4.14. The van der Waals surface area contributed by atoms with E-state index < -0.39 is 9.84 Å². The molecule has 0 bridgehead atoms. The van der Waals surface area contributed by atoms with Crippen LogP contribution in [0.4, 0.5) is 5.69 Å². The fourth-order valence-corrected chi connectivity index (χ4v) is 2.23. The second-order valence-corrected chi connectivity index (χ2v) is 5.89. The first-order chi connectivity index (χ1) is 8.10. The molecule has 1 aromatic carbocycles. The zero-order valence-electron chi connectivity index (χ0n) is 9.81. The molecule has 1 N–H and O–H groups in total. The predicted octanol–water partition coefficient (Wildman–Crippen LogP) is 2.20. The lowest BCUT2D eigenvalue weighted by Gasteiger charge is -2.06. The summed E-state index contributed by atoms with van der Waals surface area (Å²) in [6.45, 7) is 2.34. The summed E-state index contributed by atoms with van der Waals surface area (Å²) in [4.78, 5) is 0.350. The average Bonchev–Trinajstić information content (AvgIpc) is 2.35. The van der Waals surface area contributed by atoms with E-state index in [1.54, 1.807) is 31.2 Å². The predicted molar refractivity (Wildman–Crippen MR) is 67.5 cm³/mol. The number of rotatable bonds is 6. The van der Waals surface area contributed by atoms with Gasteiger partial charge < -0.3 is 5.32 Å². The Labute approximate surface area is 102 Å². The zero-order chi connectivity index (χ0) is 12.7. The molecule has 0 radical (unpaired) electrons. The van der Waals surface area contributed by atoms with E-state index in [0.717, 1.165) is 12.1 Å². The monoisotopic (exact) mass is 252 g/mol. The number of sulfone groups is 1. The summed E-state index contributed by atoms with van der Waals surface area (Å²) in [6, 6.07) is 8.77. The van der Waals surface area contributed by atoms with E-state index in [0.29, 0.717) is 17.9 Å². The van der Waals surface area contributed by atoms with Crippen LogP contribution < -0.4 is 5.32 Å². The van der Waals surface area contributed by atoms with Crippen molar-refractivity contribution in [3.05, 3.63) is 24.3 Å². The molecular weight excluding hydrogens is 236 g/mol. The molecule has 0 aliphatic carbocycles. The normalized spacial score (nSPS) is 10.8. The third kappa shape index (κ3) is 4.08. The van der Waals surface area contributed by atoms with Crippen LogP contribution in [-0.2, 0) is 9.84 Å². The number of hydrogen-bond donors (Lipinski definition) is 1. The fourth-order valence-electron chi connectivity index (χ4n) is 1.35. The number of nitrogens with one attached hydrogen (secondary N) is 1. The van der Waals surface area contributed by atoms with Crippen LogP contribution in [0.25, 0.3) is 0 Å². The maximum absolute atomic E-state index is 11.6. The van der Waals surface area contributed by atoms with Crippen molar-refractivity contribution in [3.8, 4) is 6.07 Å². The number of unbranched alkanes of at least 4 members (excludes halogenated alkanes) is 1. The van der Waals surface area contributed by atoms with Crippen molar-refractivity contribution >= 4 is 15.5 Å². The van der Waals surface area contributed by atoms with Gasteiger partial charge in [0.15, 0.2) is 9.84 Å². The van der Waals surface area contributed by atoms with Crippen molar-refractivity contribution in [2.24, 2.45) is 0 Å². The topological polar surface area (TPSA) is 70.0 Å². The van der Waals surface area contributed by atoms with Gasteiger partial charge in [0.25, 0.3) is 0 Å². The van der Waals surface area contributed by atoms with Crippen LogP contribution in [0.1, 0.15) is 19.8 Å². The molecule has 0 fully saturated rings. The van der Waals surface area contributed by atoms with E-state index in [2.05, 4.69) is 11.4 Å². The molecule has 0 spiro atoms. The van der Waals surface area contributed by atoms with Gasteiger partial charge in [0.1, 0.15) is 0 Å². The average molecular weight is 252 g/mol. The Morgan fingerprint density at radius 1 is 1.29 bits per heavy atom. The highest BCUT2D eigenvalue weighted by Crippen LogP contribution is 2.15. The lowest BCUT2D eigenvalue weighted by Crippen LogP contribution is -2.04. The molecule has 0 aliphatic heterocycles. The molecular formula is C12H16N2O2S. The lowest BCUT2D eigenvalue weighted by molar-refractivity contribution is 0.597. The molecule has 5 heteroatoms. The maximum Gasteiger partial charge on any atom is 0.178 e. The number of hydrogen-bond acceptors (Lipinski definition) is 4. The van der Waals surface area contributed by atoms with Crippen LogP contribution in [0.15, 0.2) is 29.2 Å². The quantitative estimate of drug-likeness (QED) is 0.788. The van der Waals surface area contributed by atoms with Crippen LogP contribution in [0.5, 0.6) is 0 Å². The standard InChI is InChI=1S/C12H16N2O2S/c1-2-17(15,16)12-7-5-11(6-8-12)14-10-4-3-9-13/h5-8,14H,2-4,10H2,1H3. The van der Waals surface area contributed by atoms with E-state index in [9.17, 15) is 8.42 Å². The van der Waals surface area contributed by atoms with E-state index >= 15 is 0 Å². The number of nitriles is 1. The molecule has 0 atom stereocenters. The molecule has 0 aliphatic rings. The molecule has 0 heterocycles. The zero-order valence-corrected chi connectivity index (χ0v) is 10.6. The Morgan fingerprint density at radius 3 is 2.47 bits per heavy atom. The highest BCUT2D eigenvalue weighted by molar-refractivity contribution is 7.91. The van der Waals surface area contributed by atoms with Gasteiger partial charge in [-0.15, -0.1) is 0 Å². The Balaban J connectivity index is 2.60. The molecule has 0 unspecified atom stereocenters. The van der Waals surface area contributed by atoms with Crippen LogP contribution >= 0.6 is 0 Å². The molecule has 17 heavy (non-hydrogen) atoms. The van der Waals surface area contributed by atoms with Gasteiger partial charge in [0, 0.05) is 18.7 Å². The molecule has 0 saturated carbocycles. The molecule has 0 amide bonds. The van der Waals surface area contributed by atoms with Gasteiger partial charge in [-0.25, -0.2) is 8.42 Å². The lowest BCUT2D eigenvalue weighted by atomic mass is 10.3. The first kappa shape index (κ1) is 13.5. The SMILES string of the molecule is CCS(=O)(=O)c1ccc(NCCCC#N)cc1. The highest BCUT2D eigenvalue weighted by Gasteiger charge is 2.10. The van der Waals surface area contributed by atoms with Crippen LogP contribution in [-0.4, -0.2) is 20.7 Å². The molecule has 4 nitrogen and oxygen atoms in total. The summed E-state index contributed by atoms with van der Waals surface area (Å²) < 4.78 is 23.1. The van der Waals surface area contributed by atoms with Crippen molar-refractivity contribution in [3.63, 3.8) is 0 Å². The van der Waals surface area contributed by atoms with E-state index in [1.807, 2.05) is 0 Å². The summed E-state index contributed by atoms with van der Waals surface area (Å²) in [5, 5.41) is 11.5. The van der Waals surface area contributed by atoms with E-state index in [1.165, 1.54) is 0 Å². The van der Waals surface area contributed by atoms with Crippen molar-refractivity contribution in [2.45, 2.75) is 24.7 Å². The minimum absolute atomic E-state index is 0.113. The van der Waals surface area contributed by atoms with Crippen LogP contribution in [0, 0.1) is 11.3 Å². The van der Waals surface area contributed by atoms with Gasteiger partial charge in [-0.1, -0.05) is 6.92 Å². The van der Waals surface area contributed by atoms with Gasteiger partial charge in [0.2, 0.25) is 0 Å². The van der Waals surface area contributed by atoms with Crippen molar-refractivity contribution in [1.82, 2.24) is 0 Å². The molecule has 0 aromatic heterocycles. The van der Waals surface area contributed by atoms with Crippen molar-refractivity contribution < 1.29 is 8.42 Å². The Kier molecular flexibility index (Phi) is 4.98. The van der Waals surface area contributed by atoms with Crippen LogP contribution in [0.3, 0.4) is 0 Å². The first-order valence-electron chi connectivity index (χ1n) is 5.54. The van der Waals surface area contributed by atoms with Crippen molar-refractivity contribution in [2.75, 3.05) is 17.6 Å². The second kappa shape index (κ2) is 6.26. The summed E-state index contributed by atoms with van der Waals surface area (Å²) >= 11 is 0. The fraction of sp³-hybridized carbons (Fsp3) is 0.417. The maximum atomic E-state index is 11.6. The summed E-state index contributed by atoms with van der Waals surface area (Å²) in [5.74, 6) is 0.113. The van der Waals surface area contributed by atoms with Crippen LogP contribution in [0.2, 0.25) is 0 Å². The minimum Gasteiger partial charge on any atom is -0.385 e. The van der Waals surface area contributed by atoms with Gasteiger partial charge in [-0.3, -0.25) is 0 Å². The van der Waals surface area contributed by atoms with Crippen molar-refractivity contribution in [1.29, 1.82) is 5.26 Å². The number of nitrogens with zero attached hydrogens (tertiary/aromatic N) is 1. The summed E-state index contributed by atoms with van der Waals surface area (Å²) in [5.41, 5.74) is 0.873. The van der Waals surface area contributed by atoms with Gasteiger partial charge in [0.05, 0.1) is 16.7 Å². The first-order valence-corrected chi connectivity index (χ1v) is 7.19. The minimum atomic E-state index is -3.11.